The number of furan rings is 1. The summed E-state index contributed by atoms with van der Waals surface area (Å²) in [6, 6.07) is 5.35. The molecule has 4 heteroatoms. The molecule has 1 aromatic heterocycles. The Morgan fingerprint density at radius 3 is 2.79 bits per heavy atom. The topological polar surface area (TPSA) is 50.4 Å². The van der Waals surface area contributed by atoms with E-state index in [1.807, 2.05) is 13.0 Å². The predicted octanol–water partition coefficient (Wildman–Crippen LogP) is 3.09. The van der Waals surface area contributed by atoms with Crippen molar-refractivity contribution in [3.05, 3.63) is 34.5 Å². The molecule has 1 N–H and O–H groups in total. The second-order valence-electron chi connectivity index (χ2n) is 3.00. The Balaban J connectivity index is 2.87. The first-order valence-corrected chi connectivity index (χ1v) is 4.40. The summed E-state index contributed by atoms with van der Waals surface area (Å²) < 4.78 is 5.11. The first kappa shape index (κ1) is 9.09. The molecule has 0 aliphatic heterocycles. The Labute approximate surface area is 84.9 Å². The lowest BCUT2D eigenvalue weighted by atomic mass is 10.1. The summed E-state index contributed by atoms with van der Waals surface area (Å²) in [6.45, 7) is 1.86. The molecule has 0 spiro atoms. The minimum atomic E-state index is -1.15. The van der Waals surface area contributed by atoms with Gasteiger partial charge in [-0.15, -0.1) is 0 Å². The van der Waals surface area contributed by atoms with Crippen molar-refractivity contribution in [1.82, 2.24) is 0 Å². The summed E-state index contributed by atoms with van der Waals surface area (Å²) in [7, 11) is 0. The number of aryl methyl sites for hydroxylation is 1. The zero-order valence-electron chi connectivity index (χ0n) is 7.37. The van der Waals surface area contributed by atoms with Gasteiger partial charge in [0.05, 0.1) is 0 Å². The van der Waals surface area contributed by atoms with Crippen LogP contribution >= 0.6 is 11.6 Å². The molecule has 1 heterocycles. The van der Waals surface area contributed by atoms with E-state index in [-0.39, 0.29) is 10.8 Å². The van der Waals surface area contributed by atoms with Gasteiger partial charge >= 0.3 is 5.97 Å². The molecule has 1 aromatic carbocycles. The van der Waals surface area contributed by atoms with Gasteiger partial charge in [-0.05, 0) is 18.6 Å². The molecule has 0 aliphatic rings. The molecule has 2 aromatic rings. The molecule has 0 radical (unpaired) electrons. The molecule has 3 nitrogen and oxygen atoms in total. The number of hydrogen-bond acceptors (Lipinski definition) is 2. The van der Waals surface area contributed by atoms with E-state index in [2.05, 4.69) is 0 Å². The smallest absolute Gasteiger partial charge is 0.373 e. The van der Waals surface area contributed by atoms with Crippen molar-refractivity contribution in [1.29, 1.82) is 0 Å². The fraction of sp³-hybridized carbons (Fsp3) is 0.100. The van der Waals surface area contributed by atoms with Crippen molar-refractivity contribution >= 4 is 28.5 Å². The summed E-state index contributed by atoms with van der Waals surface area (Å²) in [5.41, 5.74) is 1.41. The minimum absolute atomic E-state index is 0.172. The van der Waals surface area contributed by atoms with Gasteiger partial charge in [-0.2, -0.15) is 0 Å². The summed E-state index contributed by atoms with van der Waals surface area (Å²) in [6.07, 6.45) is 0. The van der Waals surface area contributed by atoms with Gasteiger partial charge in [-0.1, -0.05) is 23.7 Å². The molecule has 0 fully saturated rings. The highest BCUT2D eigenvalue weighted by Crippen LogP contribution is 2.32. The molecule has 0 atom stereocenters. The first-order chi connectivity index (χ1) is 6.61. The van der Waals surface area contributed by atoms with Gasteiger partial charge in [0.25, 0.3) is 0 Å². The number of benzene rings is 1. The highest BCUT2D eigenvalue weighted by atomic mass is 35.5. The molecule has 0 unspecified atom stereocenters. The fourth-order valence-corrected chi connectivity index (χ4v) is 1.77. The Morgan fingerprint density at radius 1 is 1.50 bits per heavy atom. The number of carboxylic acids is 1. The number of carbonyl (C=O) groups is 1. The van der Waals surface area contributed by atoms with Gasteiger partial charge in [0, 0.05) is 5.39 Å². The number of rotatable bonds is 1. The van der Waals surface area contributed by atoms with Crippen LogP contribution in [-0.2, 0) is 0 Å². The summed E-state index contributed by atoms with van der Waals surface area (Å²) in [5.74, 6) is -1.35. The third-order valence-corrected chi connectivity index (χ3v) is 2.42. The van der Waals surface area contributed by atoms with Gasteiger partial charge in [-0.25, -0.2) is 4.79 Å². The maximum atomic E-state index is 10.7. The lowest BCUT2D eigenvalue weighted by Gasteiger charge is -1.92. The Hall–Kier alpha value is -1.48. The van der Waals surface area contributed by atoms with Crippen LogP contribution in [0.3, 0.4) is 0 Å². The van der Waals surface area contributed by atoms with Crippen LogP contribution in [0.2, 0.25) is 5.02 Å². The highest BCUT2D eigenvalue weighted by Gasteiger charge is 2.18. The average molecular weight is 211 g/mol. The van der Waals surface area contributed by atoms with Crippen molar-refractivity contribution in [3.63, 3.8) is 0 Å². The van der Waals surface area contributed by atoms with Crippen LogP contribution in [0.25, 0.3) is 11.0 Å². The molecule has 0 bridgehead atoms. The van der Waals surface area contributed by atoms with E-state index in [4.69, 9.17) is 21.1 Å². The summed E-state index contributed by atoms with van der Waals surface area (Å²) in [4.78, 5) is 10.7. The van der Waals surface area contributed by atoms with Crippen LogP contribution < -0.4 is 0 Å². The predicted molar refractivity (Wildman–Crippen MR) is 52.9 cm³/mol. The molecule has 2 rings (SSSR count). The molecule has 14 heavy (non-hydrogen) atoms. The molecular weight excluding hydrogens is 204 g/mol. The van der Waals surface area contributed by atoms with Crippen LogP contribution in [0.5, 0.6) is 0 Å². The highest BCUT2D eigenvalue weighted by molar-refractivity contribution is 6.38. The Morgan fingerprint density at radius 2 is 2.21 bits per heavy atom. The molecule has 72 valence electrons. The van der Waals surface area contributed by atoms with Crippen LogP contribution in [-0.4, -0.2) is 11.1 Å². The number of carboxylic acid groups (broad SMARTS) is 1. The van der Waals surface area contributed by atoms with Gasteiger partial charge in [-0.3, -0.25) is 0 Å². The zero-order valence-corrected chi connectivity index (χ0v) is 8.13. The van der Waals surface area contributed by atoms with E-state index in [1.165, 1.54) is 0 Å². The quantitative estimate of drug-likeness (QED) is 0.787. The van der Waals surface area contributed by atoms with Crippen molar-refractivity contribution < 1.29 is 14.3 Å². The van der Waals surface area contributed by atoms with Gasteiger partial charge in [0.15, 0.2) is 0 Å². The van der Waals surface area contributed by atoms with E-state index in [9.17, 15) is 4.79 Å². The van der Waals surface area contributed by atoms with Crippen molar-refractivity contribution in [2.45, 2.75) is 6.92 Å². The zero-order chi connectivity index (χ0) is 10.3. The van der Waals surface area contributed by atoms with E-state index < -0.39 is 5.97 Å². The number of hydrogen-bond donors (Lipinski definition) is 1. The second kappa shape index (κ2) is 3.03. The number of fused-ring (bicyclic) bond motifs is 1. The molecular formula is C10H7ClO3. The largest absolute Gasteiger partial charge is 0.475 e. The van der Waals surface area contributed by atoms with Crippen molar-refractivity contribution in [3.8, 4) is 0 Å². The lowest BCUT2D eigenvalue weighted by Crippen LogP contribution is -1.93. The lowest BCUT2D eigenvalue weighted by molar-refractivity contribution is 0.0665. The third kappa shape index (κ3) is 1.17. The van der Waals surface area contributed by atoms with Crippen LogP contribution in [0.1, 0.15) is 16.1 Å². The Kier molecular flexibility index (Phi) is 1.97. The second-order valence-corrected chi connectivity index (χ2v) is 3.38. The van der Waals surface area contributed by atoms with E-state index in [0.29, 0.717) is 11.0 Å². The number of halogens is 1. The fourth-order valence-electron chi connectivity index (χ4n) is 1.41. The van der Waals surface area contributed by atoms with Crippen molar-refractivity contribution in [2.24, 2.45) is 0 Å². The molecule has 0 saturated carbocycles. The summed E-state index contributed by atoms with van der Waals surface area (Å²) >= 11 is 5.88. The van der Waals surface area contributed by atoms with Gasteiger partial charge < -0.3 is 9.52 Å². The first-order valence-electron chi connectivity index (χ1n) is 4.02. The maximum absolute atomic E-state index is 10.7. The van der Waals surface area contributed by atoms with Crippen molar-refractivity contribution in [2.75, 3.05) is 0 Å². The SMILES string of the molecule is Cc1cccc2oc(C(=O)O)c(Cl)c12. The molecule has 0 saturated heterocycles. The maximum Gasteiger partial charge on any atom is 0.373 e. The van der Waals surface area contributed by atoms with Crippen LogP contribution in [0.4, 0.5) is 0 Å². The van der Waals surface area contributed by atoms with Crippen LogP contribution in [0.15, 0.2) is 22.6 Å². The molecule has 0 aliphatic carbocycles. The van der Waals surface area contributed by atoms with Gasteiger partial charge in [0.2, 0.25) is 5.76 Å². The standard InChI is InChI=1S/C10H7ClO3/c1-5-3-2-4-6-7(5)8(11)9(14-6)10(12)13/h2-4H,1H3,(H,12,13). The average Bonchev–Trinajstić information content (AvgIpc) is 2.45. The minimum Gasteiger partial charge on any atom is -0.475 e. The van der Waals surface area contributed by atoms with E-state index in [1.54, 1.807) is 12.1 Å². The van der Waals surface area contributed by atoms with Gasteiger partial charge in [0.1, 0.15) is 10.6 Å². The Bertz CT molecular complexity index is 513. The van der Waals surface area contributed by atoms with Crippen LogP contribution in [0, 0.1) is 6.92 Å². The summed E-state index contributed by atoms with van der Waals surface area (Å²) in [5, 5.41) is 9.62. The number of aromatic carboxylic acids is 1. The van der Waals surface area contributed by atoms with E-state index in [0.717, 1.165) is 5.56 Å². The monoisotopic (exact) mass is 210 g/mol. The molecule has 0 amide bonds. The third-order valence-electron chi connectivity index (χ3n) is 2.06. The normalized spacial score (nSPS) is 10.7. The van der Waals surface area contributed by atoms with E-state index >= 15 is 0 Å².